The molecule has 0 rings (SSSR count). The maximum atomic E-state index is 9.44. The van der Waals surface area contributed by atoms with Crippen LogP contribution in [-0.2, 0) is 0 Å². The Morgan fingerprint density at radius 2 is 2.22 bits per heavy atom. The van der Waals surface area contributed by atoms with Gasteiger partial charge in [0.25, 0.3) is 0 Å². The van der Waals surface area contributed by atoms with Gasteiger partial charge in [-0.3, -0.25) is 0 Å². The Morgan fingerprint density at radius 3 is 2.56 bits per heavy atom. The normalized spacial score (nSPS) is 16.8. The highest BCUT2D eigenvalue weighted by Crippen LogP contribution is 2.15. The smallest absolute Gasteiger partial charge is 0.0653 e. The van der Waals surface area contributed by atoms with E-state index >= 15 is 0 Å². The Bertz CT molecular complexity index is 84.6. The largest absolute Gasteiger partial charge is 0.390 e. The minimum Gasteiger partial charge on any atom is -0.390 e. The van der Waals surface area contributed by atoms with Crippen LogP contribution in [0.3, 0.4) is 0 Å². The summed E-state index contributed by atoms with van der Waals surface area (Å²) in [6, 6.07) is 0. The van der Waals surface area contributed by atoms with E-state index in [9.17, 15) is 5.11 Å². The van der Waals surface area contributed by atoms with E-state index in [1.807, 2.05) is 6.92 Å². The van der Waals surface area contributed by atoms with Crippen molar-refractivity contribution in [3.8, 4) is 0 Å². The number of aliphatic hydroxyl groups is 1. The van der Waals surface area contributed by atoms with Crippen molar-refractivity contribution in [2.45, 2.75) is 38.7 Å². The first-order chi connectivity index (χ1) is 4.12. The maximum absolute atomic E-state index is 9.44. The van der Waals surface area contributed by atoms with Crippen LogP contribution in [0.1, 0.15) is 33.1 Å². The minimum atomic E-state index is -0.517. The predicted molar refractivity (Wildman–Crippen MR) is 40.3 cm³/mol. The van der Waals surface area contributed by atoms with E-state index in [1.165, 1.54) is 0 Å². The Hall–Kier alpha value is -0.300. The first-order valence-corrected chi connectivity index (χ1v) is 3.45. The van der Waals surface area contributed by atoms with E-state index in [0.29, 0.717) is 6.42 Å². The molecule has 0 saturated heterocycles. The van der Waals surface area contributed by atoms with Gasteiger partial charge in [0.15, 0.2) is 0 Å². The second-order valence-electron chi connectivity index (χ2n) is 2.74. The second kappa shape index (κ2) is 3.67. The molecule has 1 unspecified atom stereocenters. The SMILES string of the molecule is C=CCC(C)(O)CCC. The van der Waals surface area contributed by atoms with Crippen LogP contribution in [-0.4, -0.2) is 10.7 Å². The molecule has 0 bridgehead atoms. The van der Waals surface area contributed by atoms with Crippen molar-refractivity contribution < 1.29 is 5.11 Å². The Morgan fingerprint density at radius 1 is 1.67 bits per heavy atom. The van der Waals surface area contributed by atoms with Crippen LogP contribution in [0.15, 0.2) is 12.7 Å². The van der Waals surface area contributed by atoms with Gasteiger partial charge in [-0.15, -0.1) is 6.58 Å². The van der Waals surface area contributed by atoms with Crippen LogP contribution >= 0.6 is 0 Å². The first kappa shape index (κ1) is 8.70. The fourth-order valence-corrected chi connectivity index (χ4v) is 0.952. The van der Waals surface area contributed by atoms with Gasteiger partial charge in [-0.1, -0.05) is 19.4 Å². The molecule has 0 amide bonds. The summed E-state index contributed by atoms with van der Waals surface area (Å²) in [6.07, 6.45) is 4.34. The summed E-state index contributed by atoms with van der Waals surface area (Å²) >= 11 is 0. The van der Waals surface area contributed by atoms with Crippen LogP contribution in [0.2, 0.25) is 0 Å². The zero-order valence-electron chi connectivity index (χ0n) is 6.35. The monoisotopic (exact) mass is 128 g/mol. The third-order valence-corrected chi connectivity index (χ3v) is 1.37. The molecule has 0 fully saturated rings. The Kier molecular flexibility index (Phi) is 3.55. The molecule has 54 valence electrons. The van der Waals surface area contributed by atoms with Crippen molar-refractivity contribution in [3.05, 3.63) is 12.7 Å². The fraction of sp³-hybridized carbons (Fsp3) is 0.750. The highest BCUT2D eigenvalue weighted by atomic mass is 16.3. The van der Waals surface area contributed by atoms with Crippen molar-refractivity contribution in [2.24, 2.45) is 0 Å². The number of hydrogen-bond acceptors (Lipinski definition) is 1. The molecule has 0 aromatic heterocycles. The Balaban J connectivity index is 3.55. The van der Waals surface area contributed by atoms with Crippen molar-refractivity contribution >= 4 is 0 Å². The summed E-state index contributed by atoms with van der Waals surface area (Å²) in [5.41, 5.74) is -0.517. The lowest BCUT2D eigenvalue weighted by Crippen LogP contribution is -2.22. The van der Waals surface area contributed by atoms with Crippen LogP contribution < -0.4 is 0 Å². The number of rotatable bonds is 4. The molecule has 0 aliphatic heterocycles. The second-order valence-corrected chi connectivity index (χ2v) is 2.74. The molecule has 0 spiro atoms. The van der Waals surface area contributed by atoms with E-state index in [0.717, 1.165) is 12.8 Å². The summed E-state index contributed by atoms with van der Waals surface area (Å²) < 4.78 is 0. The third-order valence-electron chi connectivity index (χ3n) is 1.37. The molecule has 0 aliphatic carbocycles. The van der Waals surface area contributed by atoms with Gasteiger partial charge in [-0.05, 0) is 19.8 Å². The van der Waals surface area contributed by atoms with Gasteiger partial charge in [0.2, 0.25) is 0 Å². The lowest BCUT2D eigenvalue weighted by atomic mass is 9.97. The van der Waals surface area contributed by atoms with Gasteiger partial charge >= 0.3 is 0 Å². The van der Waals surface area contributed by atoms with Crippen molar-refractivity contribution in [1.82, 2.24) is 0 Å². The van der Waals surface area contributed by atoms with Gasteiger partial charge in [0.1, 0.15) is 0 Å². The summed E-state index contributed by atoms with van der Waals surface area (Å²) in [5.74, 6) is 0. The predicted octanol–water partition coefficient (Wildman–Crippen LogP) is 2.11. The molecule has 0 aromatic rings. The standard InChI is InChI=1S/C8H16O/c1-4-6-8(3,9)7-5-2/h4,9H,1,5-7H2,2-3H3. The number of hydrogen-bond donors (Lipinski definition) is 1. The average Bonchev–Trinajstić information content (AvgIpc) is 1.64. The summed E-state index contributed by atoms with van der Waals surface area (Å²) in [5, 5.41) is 9.44. The van der Waals surface area contributed by atoms with E-state index in [-0.39, 0.29) is 0 Å². The van der Waals surface area contributed by atoms with Gasteiger partial charge in [-0.25, -0.2) is 0 Å². The molecule has 0 aromatic carbocycles. The van der Waals surface area contributed by atoms with Crippen molar-refractivity contribution in [1.29, 1.82) is 0 Å². The Labute approximate surface area is 57.4 Å². The van der Waals surface area contributed by atoms with Crippen LogP contribution in [0.25, 0.3) is 0 Å². The van der Waals surface area contributed by atoms with E-state index in [4.69, 9.17) is 0 Å². The summed E-state index contributed by atoms with van der Waals surface area (Å²) in [4.78, 5) is 0. The highest BCUT2D eigenvalue weighted by molar-refractivity contribution is 4.81. The molecule has 0 aliphatic rings. The van der Waals surface area contributed by atoms with Crippen molar-refractivity contribution in [2.75, 3.05) is 0 Å². The van der Waals surface area contributed by atoms with Crippen molar-refractivity contribution in [3.63, 3.8) is 0 Å². The quantitative estimate of drug-likeness (QED) is 0.575. The molecular formula is C8H16O. The molecule has 0 heterocycles. The molecule has 1 N–H and O–H groups in total. The molecular weight excluding hydrogens is 112 g/mol. The third kappa shape index (κ3) is 4.22. The summed E-state index contributed by atoms with van der Waals surface area (Å²) in [7, 11) is 0. The topological polar surface area (TPSA) is 20.2 Å². The molecule has 1 atom stereocenters. The van der Waals surface area contributed by atoms with Gasteiger partial charge < -0.3 is 5.11 Å². The van der Waals surface area contributed by atoms with Gasteiger partial charge in [-0.2, -0.15) is 0 Å². The lowest BCUT2D eigenvalue weighted by Gasteiger charge is -2.19. The fourth-order valence-electron chi connectivity index (χ4n) is 0.952. The van der Waals surface area contributed by atoms with E-state index in [2.05, 4.69) is 13.5 Å². The van der Waals surface area contributed by atoms with E-state index in [1.54, 1.807) is 6.08 Å². The highest BCUT2D eigenvalue weighted by Gasteiger charge is 2.15. The lowest BCUT2D eigenvalue weighted by molar-refractivity contribution is 0.0534. The molecule has 0 radical (unpaired) electrons. The van der Waals surface area contributed by atoms with Crippen LogP contribution in [0.5, 0.6) is 0 Å². The zero-order chi connectivity index (χ0) is 7.33. The minimum absolute atomic E-state index is 0.517. The summed E-state index contributed by atoms with van der Waals surface area (Å²) in [6.45, 7) is 7.48. The van der Waals surface area contributed by atoms with Crippen LogP contribution in [0.4, 0.5) is 0 Å². The van der Waals surface area contributed by atoms with Gasteiger partial charge in [0.05, 0.1) is 5.60 Å². The molecule has 1 heteroatoms. The zero-order valence-corrected chi connectivity index (χ0v) is 6.35. The molecule has 9 heavy (non-hydrogen) atoms. The molecule has 1 nitrogen and oxygen atoms in total. The maximum Gasteiger partial charge on any atom is 0.0653 e. The van der Waals surface area contributed by atoms with E-state index < -0.39 is 5.60 Å². The first-order valence-electron chi connectivity index (χ1n) is 3.45. The molecule has 0 saturated carbocycles. The van der Waals surface area contributed by atoms with Crippen LogP contribution in [0, 0.1) is 0 Å². The average molecular weight is 128 g/mol. The van der Waals surface area contributed by atoms with Gasteiger partial charge in [0, 0.05) is 0 Å².